The molecule has 0 saturated carbocycles. The molecule has 6 nitrogen and oxygen atoms in total. The van der Waals surface area contributed by atoms with Gasteiger partial charge in [-0.1, -0.05) is 0 Å². The summed E-state index contributed by atoms with van der Waals surface area (Å²) in [6.45, 7) is 0.447. The average molecular weight is 318 g/mol. The largest absolute Gasteiger partial charge is 0.476 e. The van der Waals surface area contributed by atoms with Crippen LogP contribution in [0.4, 0.5) is 19.0 Å². The fourth-order valence-electron chi connectivity index (χ4n) is 2.50. The molecule has 9 heteroatoms. The Bertz CT molecular complexity index is 507. The molecule has 0 radical (unpaired) electrons. The standard InChI is InChI=1S/C13H17F3N4O2/c14-13(15,16)8-20-5-1-2-9(7-20)6-17-11-4-3-10(12(21)22)18-19-11/h3-4,9H,1-2,5-8H2,(H,17,19)(H,21,22). The maximum Gasteiger partial charge on any atom is 0.401 e. The summed E-state index contributed by atoms with van der Waals surface area (Å²) in [7, 11) is 0. The molecule has 1 fully saturated rings. The van der Waals surface area contributed by atoms with Crippen molar-refractivity contribution < 1.29 is 23.1 Å². The smallest absolute Gasteiger partial charge is 0.401 e. The van der Waals surface area contributed by atoms with Gasteiger partial charge in [-0.3, -0.25) is 4.90 Å². The SMILES string of the molecule is O=C(O)c1ccc(NCC2CCCN(CC(F)(F)F)C2)nn1. The summed E-state index contributed by atoms with van der Waals surface area (Å²) in [5.74, 6) is -0.649. The van der Waals surface area contributed by atoms with Crippen LogP contribution in [0.3, 0.4) is 0 Å². The molecule has 122 valence electrons. The molecule has 22 heavy (non-hydrogen) atoms. The van der Waals surface area contributed by atoms with Gasteiger partial charge >= 0.3 is 12.1 Å². The molecule has 1 aliphatic rings. The quantitative estimate of drug-likeness (QED) is 0.863. The topological polar surface area (TPSA) is 78.4 Å². The van der Waals surface area contributed by atoms with Gasteiger partial charge in [0, 0.05) is 13.1 Å². The van der Waals surface area contributed by atoms with Crippen molar-refractivity contribution in [3.63, 3.8) is 0 Å². The highest BCUT2D eigenvalue weighted by molar-refractivity contribution is 5.85. The van der Waals surface area contributed by atoms with E-state index in [0.717, 1.165) is 12.8 Å². The third-order valence-corrected chi connectivity index (χ3v) is 3.46. The molecule has 0 spiro atoms. The van der Waals surface area contributed by atoms with Crippen LogP contribution in [0.2, 0.25) is 0 Å². The van der Waals surface area contributed by atoms with Gasteiger partial charge in [0.15, 0.2) is 5.69 Å². The van der Waals surface area contributed by atoms with Gasteiger partial charge in [-0.05, 0) is 37.4 Å². The number of hydrogen-bond acceptors (Lipinski definition) is 5. The Morgan fingerprint density at radius 1 is 1.41 bits per heavy atom. The summed E-state index contributed by atoms with van der Waals surface area (Å²) in [6.07, 6.45) is -2.60. The number of anilines is 1. The van der Waals surface area contributed by atoms with Gasteiger partial charge in [0.05, 0.1) is 6.54 Å². The maximum absolute atomic E-state index is 12.4. The molecule has 0 amide bonds. The number of aromatic nitrogens is 2. The fourth-order valence-corrected chi connectivity index (χ4v) is 2.50. The van der Waals surface area contributed by atoms with E-state index in [4.69, 9.17) is 5.11 Å². The van der Waals surface area contributed by atoms with E-state index in [9.17, 15) is 18.0 Å². The predicted octanol–water partition coefficient (Wildman–Crippen LogP) is 1.86. The number of halogens is 3. The van der Waals surface area contributed by atoms with Crippen LogP contribution in [-0.2, 0) is 0 Å². The van der Waals surface area contributed by atoms with E-state index < -0.39 is 18.7 Å². The second-order valence-electron chi connectivity index (χ2n) is 5.35. The molecule has 1 saturated heterocycles. The van der Waals surface area contributed by atoms with Crippen LogP contribution >= 0.6 is 0 Å². The highest BCUT2D eigenvalue weighted by atomic mass is 19.4. The van der Waals surface area contributed by atoms with E-state index >= 15 is 0 Å². The Labute approximate surface area is 125 Å². The van der Waals surface area contributed by atoms with Crippen molar-refractivity contribution in [2.75, 3.05) is 31.5 Å². The second kappa shape index (κ2) is 6.91. The summed E-state index contributed by atoms with van der Waals surface area (Å²) in [5, 5.41) is 19.0. The summed E-state index contributed by atoms with van der Waals surface area (Å²) in [5.41, 5.74) is -0.153. The predicted molar refractivity (Wildman–Crippen MR) is 72.7 cm³/mol. The number of nitrogens with one attached hydrogen (secondary N) is 1. The number of carbonyl (C=O) groups is 1. The first-order valence-corrected chi connectivity index (χ1v) is 6.93. The Hall–Kier alpha value is -1.90. The molecule has 1 aromatic rings. The highest BCUT2D eigenvalue weighted by Gasteiger charge is 2.32. The Morgan fingerprint density at radius 2 is 2.18 bits per heavy atom. The average Bonchev–Trinajstić information content (AvgIpc) is 2.44. The van der Waals surface area contributed by atoms with E-state index in [0.29, 0.717) is 25.5 Å². The molecule has 1 aliphatic heterocycles. The Morgan fingerprint density at radius 3 is 2.77 bits per heavy atom. The van der Waals surface area contributed by atoms with E-state index in [1.165, 1.54) is 17.0 Å². The number of nitrogens with zero attached hydrogens (tertiary/aromatic N) is 3. The Kier molecular flexibility index (Phi) is 5.17. The highest BCUT2D eigenvalue weighted by Crippen LogP contribution is 2.22. The lowest BCUT2D eigenvalue weighted by atomic mass is 9.98. The minimum absolute atomic E-state index is 0.0945. The molecule has 0 aliphatic carbocycles. The van der Waals surface area contributed by atoms with Crippen LogP contribution in [0.1, 0.15) is 23.3 Å². The zero-order valence-electron chi connectivity index (χ0n) is 11.8. The monoisotopic (exact) mass is 318 g/mol. The van der Waals surface area contributed by atoms with Gasteiger partial charge in [0.1, 0.15) is 5.82 Å². The van der Waals surface area contributed by atoms with E-state index in [2.05, 4.69) is 15.5 Å². The summed E-state index contributed by atoms with van der Waals surface area (Å²) in [6, 6.07) is 2.82. The van der Waals surface area contributed by atoms with Gasteiger partial charge in [-0.2, -0.15) is 13.2 Å². The molecule has 0 bridgehead atoms. The number of likely N-dealkylation sites (tertiary alicyclic amines) is 1. The van der Waals surface area contributed by atoms with Crippen molar-refractivity contribution in [2.24, 2.45) is 5.92 Å². The number of alkyl halides is 3. The first-order chi connectivity index (χ1) is 10.3. The van der Waals surface area contributed by atoms with Crippen LogP contribution in [0.5, 0.6) is 0 Å². The van der Waals surface area contributed by atoms with Crippen LogP contribution in [0.15, 0.2) is 12.1 Å². The maximum atomic E-state index is 12.4. The minimum atomic E-state index is -4.17. The molecular weight excluding hydrogens is 301 g/mol. The van der Waals surface area contributed by atoms with Crippen molar-refractivity contribution in [3.05, 3.63) is 17.8 Å². The zero-order valence-corrected chi connectivity index (χ0v) is 11.8. The molecule has 0 aromatic carbocycles. The molecule has 2 heterocycles. The summed E-state index contributed by atoms with van der Waals surface area (Å²) < 4.78 is 37.2. The lowest BCUT2D eigenvalue weighted by Gasteiger charge is -2.33. The number of aromatic carboxylic acids is 1. The van der Waals surface area contributed by atoms with E-state index in [1.807, 2.05) is 0 Å². The number of piperidine rings is 1. The lowest BCUT2D eigenvalue weighted by Crippen LogP contribution is -2.42. The molecule has 2 N–H and O–H groups in total. The van der Waals surface area contributed by atoms with Crippen molar-refractivity contribution in [1.82, 2.24) is 15.1 Å². The number of rotatable bonds is 5. The van der Waals surface area contributed by atoms with Gasteiger partial charge in [-0.25, -0.2) is 4.79 Å². The van der Waals surface area contributed by atoms with Gasteiger partial charge in [0.2, 0.25) is 0 Å². The number of carboxylic acid groups (broad SMARTS) is 1. The fraction of sp³-hybridized carbons (Fsp3) is 0.615. The zero-order chi connectivity index (χ0) is 16.2. The van der Waals surface area contributed by atoms with Crippen molar-refractivity contribution in [3.8, 4) is 0 Å². The van der Waals surface area contributed by atoms with Crippen molar-refractivity contribution in [2.45, 2.75) is 19.0 Å². The molecule has 1 unspecified atom stereocenters. The molecule has 2 rings (SSSR count). The third kappa shape index (κ3) is 5.14. The first kappa shape index (κ1) is 16.5. The van der Waals surface area contributed by atoms with Gasteiger partial charge in [0.25, 0.3) is 0 Å². The third-order valence-electron chi connectivity index (χ3n) is 3.46. The van der Waals surface area contributed by atoms with Crippen molar-refractivity contribution >= 4 is 11.8 Å². The summed E-state index contributed by atoms with van der Waals surface area (Å²) in [4.78, 5) is 12.1. The second-order valence-corrected chi connectivity index (χ2v) is 5.35. The van der Waals surface area contributed by atoms with Crippen LogP contribution in [0.25, 0.3) is 0 Å². The molecule has 1 atom stereocenters. The van der Waals surface area contributed by atoms with Crippen molar-refractivity contribution in [1.29, 1.82) is 0 Å². The molecular formula is C13H17F3N4O2. The van der Waals surface area contributed by atoms with Gasteiger partial charge < -0.3 is 10.4 Å². The van der Waals surface area contributed by atoms with Crippen LogP contribution in [-0.4, -0.2) is 58.5 Å². The number of carboxylic acids is 1. The van der Waals surface area contributed by atoms with Crippen LogP contribution < -0.4 is 5.32 Å². The van der Waals surface area contributed by atoms with Crippen LogP contribution in [0, 0.1) is 5.92 Å². The summed E-state index contributed by atoms with van der Waals surface area (Å²) >= 11 is 0. The number of hydrogen-bond donors (Lipinski definition) is 2. The van der Waals surface area contributed by atoms with Gasteiger partial charge in [-0.15, -0.1) is 10.2 Å². The normalized spacial score (nSPS) is 19.9. The minimum Gasteiger partial charge on any atom is -0.476 e. The van der Waals surface area contributed by atoms with E-state index in [1.54, 1.807) is 0 Å². The van der Waals surface area contributed by atoms with E-state index in [-0.39, 0.29) is 11.6 Å². The Balaban J connectivity index is 1.82. The first-order valence-electron chi connectivity index (χ1n) is 6.93. The molecule has 1 aromatic heterocycles. The lowest BCUT2D eigenvalue weighted by molar-refractivity contribution is -0.149.